The van der Waals surface area contributed by atoms with Crippen molar-refractivity contribution in [3.63, 3.8) is 0 Å². The smallest absolute Gasteiger partial charge is 0.410 e. The molecule has 0 saturated carbocycles. The number of ether oxygens (including phenoxy) is 2. The molecule has 1 aliphatic rings. The van der Waals surface area contributed by atoms with Gasteiger partial charge in [-0.15, -0.1) is 0 Å². The first-order chi connectivity index (χ1) is 16.7. The second-order valence-electron chi connectivity index (χ2n) is 7.90. The molecule has 2 amide bonds. The molecule has 0 bridgehead atoms. The zero-order valence-electron chi connectivity index (χ0n) is 21.3. The standard InChI is InChI=1S/C23H30N6O4.C2H6/c1-5-33-23(31)28-10-9-15-12-19(32-4)17(11-16(15)13-28)22(30)27-20-8-6-7-18(26-20)21(24)29(25)14(2)3;1-2/h6-8,11-12,14,24H,5,9-10,13,25H2,1-4H3,(H,26,27,30);1-2H3. The van der Waals surface area contributed by atoms with Crippen LogP contribution in [0.5, 0.6) is 5.75 Å². The van der Waals surface area contributed by atoms with Crippen molar-refractivity contribution in [3.8, 4) is 5.75 Å². The van der Waals surface area contributed by atoms with Crippen LogP contribution in [0.1, 0.15) is 61.8 Å². The molecule has 10 nitrogen and oxygen atoms in total. The molecule has 1 aliphatic heterocycles. The van der Waals surface area contributed by atoms with E-state index in [-0.39, 0.29) is 23.8 Å². The molecule has 0 fully saturated rings. The maximum Gasteiger partial charge on any atom is 0.410 e. The van der Waals surface area contributed by atoms with Gasteiger partial charge in [-0.2, -0.15) is 0 Å². The fourth-order valence-electron chi connectivity index (χ4n) is 3.51. The molecule has 4 N–H and O–H groups in total. The third-order valence-corrected chi connectivity index (χ3v) is 5.35. The average Bonchev–Trinajstić information content (AvgIpc) is 2.87. The zero-order chi connectivity index (χ0) is 26.1. The number of hydrogen-bond donors (Lipinski definition) is 3. The number of pyridine rings is 1. The van der Waals surface area contributed by atoms with Crippen molar-refractivity contribution < 1.29 is 19.1 Å². The number of carbonyl (C=O) groups is 2. The van der Waals surface area contributed by atoms with E-state index >= 15 is 0 Å². The van der Waals surface area contributed by atoms with Crippen molar-refractivity contribution in [1.29, 1.82) is 5.41 Å². The van der Waals surface area contributed by atoms with E-state index in [0.717, 1.165) is 11.1 Å². The van der Waals surface area contributed by atoms with Crippen LogP contribution >= 0.6 is 0 Å². The molecular formula is C25H36N6O4. The van der Waals surface area contributed by atoms with Crippen molar-refractivity contribution in [2.75, 3.05) is 25.6 Å². The summed E-state index contributed by atoms with van der Waals surface area (Å²) >= 11 is 0. The largest absolute Gasteiger partial charge is 0.496 e. The maximum atomic E-state index is 13.1. The van der Waals surface area contributed by atoms with E-state index in [1.165, 1.54) is 12.1 Å². The Morgan fingerprint density at radius 1 is 1.26 bits per heavy atom. The first-order valence-electron chi connectivity index (χ1n) is 11.8. The number of carbonyl (C=O) groups excluding carboxylic acids is 2. The number of amidine groups is 1. The van der Waals surface area contributed by atoms with Crippen molar-refractivity contribution >= 4 is 23.7 Å². The van der Waals surface area contributed by atoms with Crippen LogP contribution in [0, 0.1) is 5.41 Å². The van der Waals surface area contributed by atoms with Gasteiger partial charge in [0.1, 0.15) is 17.3 Å². The van der Waals surface area contributed by atoms with Crippen LogP contribution in [-0.4, -0.2) is 59.0 Å². The van der Waals surface area contributed by atoms with Crippen LogP contribution in [0.3, 0.4) is 0 Å². The third-order valence-electron chi connectivity index (χ3n) is 5.35. The second kappa shape index (κ2) is 12.7. The van der Waals surface area contributed by atoms with Crippen LogP contribution < -0.4 is 15.9 Å². The number of aromatic nitrogens is 1. The fraction of sp³-hybridized carbons (Fsp3) is 0.440. The predicted molar refractivity (Wildman–Crippen MR) is 136 cm³/mol. The molecule has 190 valence electrons. The molecule has 0 saturated heterocycles. The number of amides is 2. The number of anilines is 1. The number of hydrazine groups is 1. The summed E-state index contributed by atoms with van der Waals surface area (Å²) in [4.78, 5) is 31.2. The van der Waals surface area contributed by atoms with Gasteiger partial charge in [0.15, 0.2) is 5.84 Å². The molecule has 1 aromatic heterocycles. The summed E-state index contributed by atoms with van der Waals surface area (Å²) in [5, 5.41) is 12.3. The van der Waals surface area contributed by atoms with Gasteiger partial charge >= 0.3 is 6.09 Å². The van der Waals surface area contributed by atoms with Gasteiger partial charge in [-0.05, 0) is 62.6 Å². The normalized spacial score (nSPS) is 12.2. The fourth-order valence-corrected chi connectivity index (χ4v) is 3.51. The average molecular weight is 485 g/mol. The summed E-state index contributed by atoms with van der Waals surface area (Å²) in [5.41, 5.74) is 2.55. The minimum atomic E-state index is -0.410. The van der Waals surface area contributed by atoms with E-state index in [2.05, 4.69) is 10.3 Å². The van der Waals surface area contributed by atoms with E-state index in [1.54, 1.807) is 36.1 Å². The summed E-state index contributed by atoms with van der Waals surface area (Å²) in [5.74, 6) is 6.28. The molecule has 0 aliphatic carbocycles. The van der Waals surface area contributed by atoms with Gasteiger partial charge in [0, 0.05) is 19.1 Å². The van der Waals surface area contributed by atoms with Gasteiger partial charge in [-0.25, -0.2) is 15.6 Å². The van der Waals surface area contributed by atoms with E-state index < -0.39 is 5.91 Å². The quantitative estimate of drug-likeness (QED) is 0.246. The molecule has 10 heteroatoms. The number of benzene rings is 1. The number of fused-ring (bicyclic) bond motifs is 1. The summed E-state index contributed by atoms with van der Waals surface area (Å²) in [6.07, 6.45) is 0.271. The maximum absolute atomic E-state index is 13.1. The number of rotatable bonds is 6. The molecule has 0 unspecified atom stereocenters. The van der Waals surface area contributed by atoms with E-state index in [9.17, 15) is 9.59 Å². The number of nitrogens with one attached hydrogen (secondary N) is 2. The summed E-state index contributed by atoms with van der Waals surface area (Å²) in [7, 11) is 1.51. The molecule has 2 aromatic rings. The van der Waals surface area contributed by atoms with Gasteiger partial charge < -0.3 is 19.7 Å². The molecule has 0 spiro atoms. The lowest BCUT2D eigenvalue weighted by Crippen LogP contribution is -2.43. The summed E-state index contributed by atoms with van der Waals surface area (Å²) < 4.78 is 10.6. The first-order valence-corrected chi connectivity index (χ1v) is 11.8. The monoisotopic (exact) mass is 484 g/mol. The summed E-state index contributed by atoms with van der Waals surface area (Å²) in [6.45, 7) is 10.7. The minimum Gasteiger partial charge on any atom is -0.496 e. The van der Waals surface area contributed by atoms with Gasteiger partial charge in [0.25, 0.3) is 5.91 Å². The van der Waals surface area contributed by atoms with Gasteiger partial charge in [-0.3, -0.25) is 15.2 Å². The first kappa shape index (κ1) is 27.6. The Hall–Kier alpha value is -3.66. The van der Waals surface area contributed by atoms with E-state index in [4.69, 9.17) is 20.7 Å². The van der Waals surface area contributed by atoms with Crippen LogP contribution in [-0.2, 0) is 17.7 Å². The van der Waals surface area contributed by atoms with Crippen molar-refractivity contribution in [2.24, 2.45) is 5.84 Å². The number of hydrogen-bond acceptors (Lipinski definition) is 7. The SMILES string of the molecule is CC.CCOC(=O)N1CCc2cc(OC)c(C(=O)Nc3cccc(C(=N)N(N)C(C)C)n3)cc2C1. The van der Waals surface area contributed by atoms with E-state index in [0.29, 0.717) is 43.1 Å². The summed E-state index contributed by atoms with van der Waals surface area (Å²) in [6, 6.07) is 8.48. The molecule has 0 atom stereocenters. The number of nitrogens with zero attached hydrogens (tertiary/aromatic N) is 3. The molecule has 3 rings (SSSR count). The molecule has 1 aromatic carbocycles. The highest BCUT2D eigenvalue weighted by Crippen LogP contribution is 2.29. The lowest BCUT2D eigenvalue weighted by atomic mass is 9.96. The Morgan fingerprint density at radius 3 is 2.60 bits per heavy atom. The Balaban J connectivity index is 0.00000210. The molecule has 35 heavy (non-hydrogen) atoms. The van der Waals surface area contributed by atoms with Crippen molar-refractivity contribution in [2.45, 2.75) is 53.6 Å². The highest BCUT2D eigenvalue weighted by molar-refractivity contribution is 6.06. The molecule has 0 radical (unpaired) electrons. The Kier molecular flexibility index (Phi) is 10.0. The van der Waals surface area contributed by atoms with Crippen LogP contribution in [0.2, 0.25) is 0 Å². The predicted octanol–water partition coefficient (Wildman–Crippen LogP) is 3.79. The van der Waals surface area contributed by atoms with Crippen molar-refractivity contribution in [1.82, 2.24) is 14.9 Å². The van der Waals surface area contributed by atoms with Crippen LogP contribution in [0.25, 0.3) is 0 Å². The Labute approximate surface area is 206 Å². The molecular weight excluding hydrogens is 448 g/mol. The lowest BCUT2D eigenvalue weighted by Gasteiger charge is -2.28. The van der Waals surface area contributed by atoms with E-state index in [1.807, 2.05) is 33.8 Å². The number of nitrogens with two attached hydrogens (primary N) is 1. The minimum absolute atomic E-state index is 0.0477. The lowest BCUT2D eigenvalue weighted by molar-refractivity contribution is 0.102. The highest BCUT2D eigenvalue weighted by atomic mass is 16.6. The van der Waals surface area contributed by atoms with Crippen molar-refractivity contribution in [3.05, 3.63) is 52.7 Å². The number of methoxy groups -OCH3 is 1. The zero-order valence-corrected chi connectivity index (χ0v) is 21.3. The second-order valence-corrected chi connectivity index (χ2v) is 7.90. The molecule has 2 heterocycles. The topological polar surface area (TPSA) is 134 Å². The Morgan fingerprint density at radius 2 is 1.97 bits per heavy atom. The third kappa shape index (κ3) is 6.69. The van der Waals surface area contributed by atoms with Crippen LogP contribution in [0.15, 0.2) is 30.3 Å². The van der Waals surface area contributed by atoms with Gasteiger partial charge in [0.2, 0.25) is 0 Å². The van der Waals surface area contributed by atoms with Crippen LogP contribution in [0.4, 0.5) is 10.6 Å². The van der Waals surface area contributed by atoms with Gasteiger partial charge in [-0.1, -0.05) is 19.9 Å². The Bertz CT molecular complexity index is 1060. The highest BCUT2D eigenvalue weighted by Gasteiger charge is 2.25. The van der Waals surface area contributed by atoms with Gasteiger partial charge in [0.05, 0.1) is 19.3 Å².